The number of amides is 1. The molecule has 0 N–H and O–H groups in total. The van der Waals surface area contributed by atoms with Gasteiger partial charge in [0.15, 0.2) is 0 Å². The molecule has 7 nitrogen and oxygen atoms in total. The van der Waals surface area contributed by atoms with E-state index in [1.54, 1.807) is 11.0 Å². The van der Waals surface area contributed by atoms with Gasteiger partial charge in [-0.05, 0) is 76.4 Å². The van der Waals surface area contributed by atoms with Gasteiger partial charge in [-0.1, -0.05) is 23.5 Å². The Hall–Kier alpha value is -3.44. The molecule has 0 fully saturated rings. The van der Waals surface area contributed by atoms with Crippen LogP contribution in [0.3, 0.4) is 0 Å². The van der Waals surface area contributed by atoms with Gasteiger partial charge >= 0.3 is 6.09 Å². The van der Waals surface area contributed by atoms with E-state index in [1.807, 2.05) is 58.9 Å². The Labute approximate surface area is 204 Å². The Morgan fingerprint density at radius 1 is 1.09 bits per heavy atom. The predicted molar refractivity (Wildman–Crippen MR) is 132 cm³/mol. The van der Waals surface area contributed by atoms with Crippen LogP contribution in [0.4, 0.5) is 4.79 Å². The molecule has 3 aromatic rings. The normalized spacial score (nSPS) is 13.4. The van der Waals surface area contributed by atoms with Crippen LogP contribution in [0.25, 0.3) is 21.1 Å². The third kappa shape index (κ3) is 5.37. The first-order valence-electron chi connectivity index (χ1n) is 11.3. The van der Waals surface area contributed by atoms with E-state index in [-0.39, 0.29) is 12.2 Å². The lowest BCUT2D eigenvalue weighted by Gasteiger charge is -2.31. The van der Waals surface area contributed by atoms with Gasteiger partial charge < -0.3 is 14.4 Å². The number of fused-ring (bicyclic) bond motifs is 1. The molecule has 2 heterocycles. The van der Waals surface area contributed by atoms with Crippen molar-refractivity contribution in [1.82, 2.24) is 15.1 Å². The fourth-order valence-electron chi connectivity index (χ4n) is 3.73. The smallest absolute Gasteiger partial charge is 0.410 e. The van der Waals surface area contributed by atoms with E-state index in [2.05, 4.69) is 22.3 Å². The molecule has 4 rings (SSSR count). The monoisotopic (exact) mass is 476 g/mol. The van der Waals surface area contributed by atoms with Crippen LogP contribution in [0.1, 0.15) is 51.3 Å². The molecule has 176 valence electrons. The van der Waals surface area contributed by atoms with Gasteiger partial charge in [0.1, 0.15) is 27.4 Å². The van der Waals surface area contributed by atoms with Crippen molar-refractivity contribution in [2.75, 3.05) is 6.54 Å². The van der Waals surface area contributed by atoms with E-state index in [9.17, 15) is 10.1 Å². The van der Waals surface area contributed by atoms with Crippen molar-refractivity contribution in [2.24, 2.45) is 0 Å². The van der Waals surface area contributed by atoms with Crippen molar-refractivity contribution in [3.05, 3.63) is 53.1 Å². The number of nitriles is 1. The van der Waals surface area contributed by atoms with Crippen molar-refractivity contribution in [3.63, 3.8) is 0 Å². The summed E-state index contributed by atoms with van der Waals surface area (Å²) in [7, 11) is 0. The Kier molecular flexibility index (Phi) is 6.58. The third-order valence-corrected chi connectivity index (χ3v) is 6.27. The molecule has 2 aromatic carbocycles. The minimum absolute atomic E-state index is 0.00805. The van der Waals surface area contributed by atoms with Crippen molar-refractivity contribution < 1.29 is 14.3 Å². The first-order chi connectivity index (χ1) is 16.1. The van der Waals surface area contributed by atoms with Gasteiger partial charge in [0.05, 0.1) is 11.7 Å². The summed E-state index contributed by atoms with van der Waals surface area (Å²) in [6.45, 7) is 10.6. The molecule has 0 saturated heterocycles. The van der Waals surface area contributed by atoms with Crippen molar-refractivity contribution >= 4 is 17.4 Å². The van der Waals surface area contributed by atoms with Crippen molar-refractivity contribution in [2.45, 2.75) is 59.3 Å². The second kappa shape index (κ2) is 9.43. The lowest BCUT2D eigenvalue weighted by atomic mass is 9.97. The summed E-state index contributed by atoms with van der Waals surface area (Å²) in [5, 5.41) is 19.8. The predicted octanol–water partition coefficient (Wildman–Crippen LogP) is 5.82. The minimum atomic E-state index is -0.507. The topological polar surface area (TPSA) is 88.3 Å². The summed E-state index contributed by atoms with van der Waals surface area (Å²) in [5.74, 6) is 0.570. The van der Waals surface area contributed by atoms with Gasteiger partial charge in [0.2, 0.25) is 0 Å². The average Bonchev–Trinajstić information content (AvgIpc) is 3.27. The lowest BCUT2D eigenvalue weighted by molar-refractivity contribution is 0.0224. The SMILES string of the molecule is CC(C)Oc1ccc(-c2nnc(-c3ccc4c(c3)CCN(C(=O)OC(C)(C)C)C4)s2)cc1C#N. The summed E-state index contributed by atoms with van der Waals surface area (Å²) in [6, 6.07) is 13.9. The van der Waals surface area contributed by atoms with E-state index < -0.39 is 5.60 Å². The number of benzene rings is 2. The van der Waals surface area contributed by atoms with Crippen LogP contribution in [-0.2, 0) is 17.7 Å². The molecule has 8 heteroatoms. The zero-order valence-electron chi connectivity index (χ0n) is 20.1. The fourth-order valence-corrected chi connectivity index (χ4v) is 4.57. The Bertz CT molecular complexity index is 1250. The van der Waals surface area contributed by atoms with E-state index in [1.165, 1.54) is 16.9 Å². The van der Waals surface area contributed by atoms with Gasteiger partial charge in [-0.15, -0.1) is 10.2 Å². The molecule has 0 aliphatic carbocycles. The highest BCUT2D eigenvalue weighted by atomic mass is 32.1. The molecule has 0 unspecified atom stereocenters. The summed E-state index contributed by atoms with van der Waals surface area (Å²) < 4.78 is 11.2. The Balaban J connectivity index is 1.52. The number of carbonyl (C=O) groups is 1. The van der Waals surface area contributed by atoms with Crippen LogP contribution >= 0.6 is 11.3 Å². The molecule has 0 radical (unpaired) electrons. The fraction of sp³-hybridized carbons (Fsp3) is 0.385. The summed E-state index contributed by atoms with van der Waals surface area (Å²) in [5.41, 5.74) is 4.12. The highest BCUT2D eigenvalue weighted by Gasteiger charge is 2.26. The quantitative estimate of drug-likeness (QED) is 0.471. The molecule has 1 aromatic heterocycles. The number of rotatable bonds is 4. The number of hydrogen-bond donors (Lipinski definition) is 0. The molecule has 0 saturated carbocycles. The average molecular weight is 477 g/mol. The minimum Gasteiger partial charge on any atom is -0.490 e. The highest BCUT2D eigenvalue weighted by Crippen LogP contribution is 2.34. The van der Waals surface area contributed by atoms with Crippen LogP contribution in [0.2, 0.25) is 0 Å². The molecule has 0 spiro atoms. The molecule has 34 heavy (non-hydrogen) atoms. The Morgan fingerprint density at radius 2 is 1.76 bits per heavy atom. The molecule has 0 bridgehead atoms. The number of hydrogen-bond acceptors (Lipinski definition) is 7. The third-order valence-electron chi connectivity index (χ3n) is 5.25. The van der Waals surface area contributed by atoms with Gasteiger partial charge in [-0.25, -0.2) is 4.79 Å². The Morgan fingerprint density at radius 3 is 2.41 bits per heavy atom. The molecule has 1 amide bonds. The number of ether oxygens (including phenoxy) is 2. The van der Waals surface area contributed by atoms with Crippen LogP contribution in [-0.4, -0.2) is 39.4 Å². The van der Waals surface area contributed by atoms with E-state index >= 15 is 0 Å². The molecule has 0 atom stereocenters. The van der Waals surface area contributed by atoms with Gasteiger partial charge in [0.25, 0.3) is 0 Å². The van der Waals surface area contributed by atoms with Crippen LogP contribution in [0, 0.1) is 11.3 Å². The standard InChI is InChI=1S/C26H28N4O3S/c1-16(2)32-22-9-8-19(13-21(22)14-27)24-29-28-23(34-24)18-6-7-20-15-30(11-10-17(20)12-18)25(31)33-26(3,4)5/h6-9,12-13,16H,10-11,15H2,1-5H3. The van der Waals surface area contributed by atoms with Gasteiger partial charge in [-0.3, -0.25) is 0 Å². The number of aromatic nitrogens is 2. The van der Waals surface area contributed by atoms with E-state index in [0.717, 1.165) is 33.1 Å². The molecular weight excluding hydrogens is 448 g/mol. The van der Waals surface area contributed by atoms with E-state index in [4.69, 9.17) is 9.47 Å². The molecule has 1 aliphatic rings. The van der Waals surface area contributed by atoms with Crippen molar-refractivity contribution in [1.29, 1.82) is 5.26 Å². The first-order valence-corrected chi connectivity index (χ1v) is 12.1. The molecular formula is C26H28N4O3S. The van der Waals surface area contributed by atoms with Crippen LogP contribution < -0.4 is 4.74 Å². The summed E-state index contributed by atoms with van der Waals surface area (Å²) in [4.78, 5) is 14.2. The van der Waals surface area contributed by atoms with Crippen LogP contribution in [0.5, 0.6) is 5.75 Å². The maximum atomic E-state index is 12.4. The first kappa shape index (κ1) is 23.7. The second-order valence-corrected chi connectivity index (χ2v) is 10.5. The highest BCUT2D eigenvalue weighted by molar-refractivity contribution is 7.17. The zero-order chi connectivity index (χ0) is 24.5. The van der Waals surface area contributed by atoms with Gasteiger partial charge in [0, 0.05) is 24.2 Å². The lowest BCUT2D eigenvalue weighted by Crippen LogP contribution is -2.39. The van der Waals surface area contributed by atoms with E-state index in [0.29, 0.717) is 24.4 Å². The van der Waals surface area contributed by atoms with Gasteiger partial charge in [-0.2, -0.15) is 5.26 Å². The zero-order valence-corrected chi connectivity index (χ0v) is 20.9. The van der Waals surface area contributed by atoms with Crippen molar-refractivity contribution in [3.8, 4) is 33.0 Å². The summed E-state index contributed by atoms with van der Waals surface area (Å²) >= 11 is 1.48. The number of nitrogens with zero attached hydrogens (tertiary/aromatic N) is 4. The largest absolute Gasteiger partial charge is 0.490 e. The second-order valence-electron chi connectivity index (χ2n) is 9.54. The van der Waals surface area contributed by atoms with Crippen LogP contribution in [0.15, 0.2) is 36.4 Å². The maximum absolute atomic E-state index is 12.4. The summed E-state index contributed by atoms with van der Waals surface area (Å²) in [6.07, 6.45) is 0.473. The molecule has 1 aliphatic heterocycles. The maximum Gasteiger partial charge on any atom is 0.410 e. The number of carbonyl (C=O) groups excluding carboxylic acids is 1.